The number of nitro benzene ring substituents is 1. The fourth-order valence-corrected chi connectivity index (χ4v) is 7.52. The zero-order valence-electron chi connectivity index (χ0n) is 19.2. The lowest BCUT2D eigenvalue weighted by Crippen LogP contribution is -2.52. The molecule has 1 fully saturated rings. The Morgan fingerprint density at radius 1 is 1.03 bits per heavy atom. The molecule has 1 aliphatic carbocycles. The Hall–Kier alpha value is -2.51. The molecule has 6 nitrogen and oxygen atoms in total. The third kappa shape index (κ3) is 3.77. The van der Waals surface area contributed by atoms with Gasteiger partial charge in [0, 0.05) is 30.6 Å². The fourth-order valence-electron chi connectivity index (χ4n) is 5.37. The normalized spacial score (nSPS) is 23.4. The number of nitro groups is 1. The van der Waals surface area contributed by atoms with E-state index >= 15 is 0 Å². The Bertz CT molecular complexity index is 1180. The first-order valence-electron chi connectivity index (χ1n) is 11.1. The van der Waals surface area contributed by atoms with Crippen LogP contribution in [-0.4, -0.2) is 30.2 Å². The molecule has 0 spiro atoms. The zero-order valence-corrected chi connectivity index (χ0v) is 20.0. The highest BCUT2D eigenvalue weighted by Crippen LogP contribution is 2.51. The van der Waals surface area contributed by atoms with Crippen molar-refractivity contribution in [2.75, 3.05) is 6.54 Å². The highest BCUT2D eigenvalue weighted by atomic mass is 32.2. The Labute approximate surface area is 190 Å². The van der Waals surface area contributed by atoms with Crippen LogP contribution in [0.15, 0.2) is 52.9 Å². The van der Waals surface area contributed by atoms with Crippen LogP contribution in [0.1, 0.15) is 48.4 Å². The van der Waals surface area contributed by atoms with E-state index in [2.05, 4.69) is 19.9 Å². The van der Waals surface area contributed by atoms with Gasteiger partial charge in [-0.1, -0.05) is 55.3 Å². The van der Waals surface area contributed by atoms with Gasteiger partial charge in [0.25, 0.3) is 5.69 Å². The lowest BCUT2D eigenvalue weighted by atomic mass is 9.64. The highest BCUT2D eigenvalue weighted by Gasteiger charge is 2.47. The van der Waals surface area contributed by atoms with E-state index in [0.717, 1.165) is 28.7 Å². The van der Waals surface area contributed by atoms with Crippen LogP contribution in [0.4, 0.5) is 5.69 Å². The molecule has 7 heteroatoms. The molecule has 1 saturated carbocycles. The molecule has 1 heterocycles. The second-order valence-corrected chi connectivity index (χ2v) is 11.4. The number of non-ortho nitro benzene ring substituents is 1. The second kappa shape index (κ2) is 8.12. The van der Waals surface area contributed by atoms with E-state index in [1.165, 1.54) is 17.7 Å². The smallest absolute Gasteiger partial charge is 0.258 e. The van der Waals surface area contributed by atoms with Crippen molar-refractivity contribution in [1.29, 1.82) is 0 Å². The Balaban J connectivity index is 1.70. The number of benzene rings is 2. The van der Waals surface area contributed by atoms with Crippen LogP contribution >= 0.6 is 0 Å². The molecule has 32 heavy (non-hydrogen) atoms. The van der Waals surface area contributed by atoms with Gasteiger partial charge in [0.15, 0.2) is 0 Å². The molecule has 3 atom stereocenters. The molecule has 0 radical (unpaired) electrons. The lowest BCUT2D eigenvalue weighted by Gasteiger charge is -2.49. The topological polar surface area (TPSA) is 80.5 Å². The third-order valence-corrected chi connectivity index (χ3v) is 9.07. The number of hydrogen-bond donors (Lipinski definition) is 0. The van der Waals surface area contributed by atoms with Crippen LogP contribution in [0.5, 0.6) is 0 Å². The van der Waals surface area contributed by atoms with Crippen molar-refractivity contribution in [2.45, 2.75) is 57.9 Å². The molecule has 1 aliphatic heterocycles. The summed E-state index contributed by atoms with van der Waals surface area (Å²) in [6.45, 7) is 10.3. The first-order valence-corrected chi connectivity index (χ1v) is 12.5. The number of sulfonamides is 1. The average molecular weight is 455 g/mol. The average Bonchev–Trinajstić information content (AvgIpc) is 2.67. The minimum Gasteiger partial charge on any atom is -0.258 e. The van der Waals surface area contributed by atoms with E-state index in [4.69, 9.17) is 0 Å². The maximum absolute atomic E-state index is 13.9. The molecular formula is C25H30N2O4S. The van der Waals surface area contributed by atoms with Crippen molar-refractivity contribution >= 4 is 15.7 Å². The van der Waals surface area contributed by atoms with E-state index in [0.29, 0.717) is 11.4 Å². The Morgan fingerprint density at radius 2 is 1.62 bits per heavy atom. The molecular weight excluding hydrogens is 424 g/mol. The minimum absolute atomic E-state index is 0.0712. The summed E-state index contributed by atoms with van der Waals surface area (Å²) in [7, 11) is -3.68. The molecule has 2 aromatic carbocycles. The third-order valence-electron chi connectivity index (χ3n) is 6.90. The molecule has 2 aliphatic rings. The maximum atomic E-state index is 13.9. The molecule has 0 aromatic heterocycles. The van der Waals surface area contributed by atoms with Crippen LogP contribution in [-0.2, 0) is 10.0 Å². The lowest BCUT2D eigenvalue weighted by molar-refractivity contribution is -0.384. The van der Waals surface area contributed by atoms with E-state index in [-0.39, 0.29) is 29.5 Å². The monoisotopic (exact) mass is 454 g/mol. The van der Waals surface area contributed by atoms with Crippen LogP contribution in [0.25, 0.3) is 0 Å². The van der Waals surface area contributed by atoms with Crippen molar-refractivity contribution in [1.82, 2.24) is 4.31 Å². The van der Waals surface area contributed by atoms with Gasteiger partial charge in [-0.25, -0.2) is 8.42 Å². The second-order valence-electron chi connectivity index (χ2n) is 9.54. The first-order chi connectivity index (χ1) is 15.0. The van der Waals surface area contributed by atoms with Crippen molar-refractivity contribution in [3.63, 3.8) is 0 Å². The van der Waals surface area contributed by atoms with E-state index < -0.39 is 14.9 Å². The summed E-state index contributed by atoms with van der Waals surface area (Å²) in [6, 6.07) is 10.4. The first kappa shape index (κ1) is 22.7. The van der Waals surface area contributed by atoms with Crippen molar-refractivity contribution in [3.8, 4) is 0 Å². The summed E-state index contributed by atoms with van der Waals surface area (Å²) in [5.41, 5.74) is 5.01. The summed E-state index contributed by atoms with van der Waals surface area (Å²) in [5.74, 6) is 0.433. The number of hydrogen-bond acceptors (Lipinski definition) is 4. The van der Waals surface area contributed by atoms with Gasteiger partial charge in [-0.3, -0.25) is 10.1 Å². The van der Waals surface area contributed by atoms with Gasteiger partial charge in [0.05, 0.1) is 9.82 Å². The van der Waals surface area contributed by atoms with Gasteiger partial charge >= 0.3 is 0 Å². The summed E-state index contributed by atoms with van der Waals surface area (Å²) in [5, 5.41) is 11.0. The van der Waals surface area contributed by atoms with Gasteiger partial charge in [-0.15, -0.1) is 0 Å². The summed E-state index contributed by atoms with van der Waals surface area (Å²) >= 11 is 0. The van der Waals surface area contributed by atoms with Crippen LogP contribution in [0.2, 0.25) is 0 Å². The zero-order chi connectivity index (χ0) is 23.4. The number of fused-ring (bicyclic) bond motifs is 1. The molecule has 4 rings (SSSR count). The van der Waals surface area contributed by atoms with E-state index in [1.54, 1.807) is 16.4 Å². The number of aryl methyl sites for hydroxylation is 3. The van der Waals surface area contributed by atoms with E-state index in [9.17, 15) is 18.5 Å². The standard InChI is InChI=1S/C25H30N2O4S/c1-15(2)24-13-20-12-22(19-6-8-21(9-7-19)27(28)29)23(20)14-26(24)32(30,31)25-17(4)10-16(3)11-18(25)5/h6-11,13,15,22-24H,12,14H2,1-5H3/t22-,23+,24-/m1/s1. The largest absolute Gasteiger partial charge is 0.269 e. The molecule has 0 unspecified atom stereocenters. The Morgan fingerprint density at radius 3 is 2.16 bits per heavy atom. The predicted molar refractivity (Wildman–Crippen MR) is 125 cm³/mol. The number of rotatable bonds is 5. The molecule has 170 valence electrons. The summed E-state index contributed by atoms with van der Waals surface area (Å²) in [6.07, 6.45) is 3.03. The molecule has 2 aromatic rings. The Kier molecular flexibility index (Phi) is 5.75. The van der Waals surface area contributed by atoms with Gasteiger partial charge in [-0.2, -0.15) is 4.31 Å². The maximum Gasteiger partial charge on any atom is 0.269 e. The summed E-state index contributed by atoms with van der Waals surface area (Å²) in [4.78, 5) is 11.0. The van der Waals surface area contributed by atoms with Gasteiger partial charge < -0.3 is 0 Å². The van der Waals surface area contributed by atoms with Crippen molar-refractivity contribution < 1.29 is 13.3 Å². The molecule has 0 amide bonds. The minimum atomic E-state index is -3.68. The number of nitrogens with zero attached hydrogens (tertiary/aromatic N) is 2. The molecule has 0 saturated heterocycles. The SMILES string of the molecule is Cc1cc(C)c(S(=O)(=O)N2C[C@H]3C(=C[C@@H]2C(C)C)C[C@@H]3c2ccc([N+](=O)[O-])cc2)c(C)c1. The van der Waals surface area contributed by atoms with Gasteiger partial charge in [-0.05, 0) is 55.7 Å². The fraction of sp³-hybridized carbons (Fsp3) is 0.440. The molecule has 0 bridgehead atoms. The van der Waals surface area contributed by atoms with Crippen molar-refractivity contribution in [3.05, 3.63) is 80.4 Å². The summed E-state index contributed by atoms with van der Waals surface area (Å²) < 4.78 is 29.5. The van der Waals surface area contributed by atoms with Crippen molar-refractivity contribution in [2.24, 2.45) is 11.8 Å². The van der Waals surface area contributed by atoms with Gasteiger partial charge in [0.1, 0.15) is 0 Å². The highest BCUT2D eigenvalue weighted by molar-refractivity contribution is 7.89. The predicted octanol–water partition coefficient (Wildman–Crippen LogP) is 5.28. The van der Waals surface area contributed by atoms with Crippen LogP contribution in [0, 0.1) is 42.7 Å². The van der Waals surface area contributed by atoms with Crippen LogP contribution in [0.3, 0.4) is 0 Å². The quantitative estimate of drug-likeness (QED) is 0.350. The van der Waals surface area contributed by atoms with Crippen LogP contribution < -0.4 is 0 Å². The van der Waals surface area contributed by atoms with Gasteiger partial charge in [0.2, 0.25) is 10.0 Å². The molecule has 0 N–H and O–H groups in total. The van der Waals surface area contributed by atoms with E-state index in [1.807, 2.05) is 32.9 Å².